The van der Waals surface area contributed by atoms with E-state index in [1.807, 2.05) is 43.5 Å². The van der Waals surface area contributed by atoms with Crippen molar-refractivity contribution >= 4 is 29.6 Å². The molecule has 1 N–H and O–H groups in total. The van der Waals surface area contributed by atoms with Gasteiger partial charge in [-0.3, -0.25) is 14.6 Å². The van der Waals surface area contributed by atoms with Gasteiger partial charge in [0.15, 0.2) is 5.69 Å². The SMILES string of the molecule is Cc1ncc2c(c1CNC(=O)C=Cc1ccccc1)CCN(C(=O)c1cnsn1)C2. The summed E-state index contributed by atoms with van der Waals surface area (Å²) in [6.07, 6.45) is 7.37. The van der Waals surface area contributed by atoms with Crippen molar-refractivity contribution in [2.45, 2.75) is 26.4 Å². The van der Waals surface area contributed by atoms with Crippen LogP contribution in [-0.4, -0.2) is 37.0 Å². The molecule has 0 fully saturated rings. The first-order chi connectivity index (χ1) is 14.6. The first-order valence-electron chi connectivity index (χ1n) is 9.66. The van der Waals surface area contributed by atoms with E-state index in [2.05, 4.69) is 19.0 Å². The van der Waals surface area contributed by atoms with Crippen LogP contribution in [0, 0.1) is 6.92 Å². The van der Waals surface area contributed by atoms with E-state index < -0.39 is 0 Å². The number of benzene rings is 1. The van der Waals surface area contributed by atoms with Gasteiger partial charge in [-0.15, -0.1) is 0 Å². The third-order valence-electron chi connectivity index (χ3n) is 5.13. The molecule has 0 bridgehead atoms. The highest BCUT2D eigenvalue weighted by molar-refractivity contribution is 6.99. The first-order valence-corrected chi connectivity index (χ1v) is 10.4. The molecule has 0 atom stereocenters. The Balaban J connectivity index is 1.44. The lowest BCUT2D eigenvalue weighted by Crippen LogP contribution is -2.37. The molecule has 0 radical (unpaired) electrons. The largest absolute Gasteiger partial charge is 0.348 e. The lowest BCUT2D eigenvalue weighted by molar-refractivity contribution is -0.116. The van der Waals surface area contributed by atoms with Crippen molar-refractivity contribution in [1.29, 1.82) is 0 Å². The summed E-state index contributed by atoms with van der Waals surface area (Å²) >= 11 is 1.03. The lowest BCUT2D eigenvalue weighted by Gasteiger charge is -2.30. The molecular weight excluding hydrogens is 398 g/mol. The molecule has 1 aliphatic rings. The average Bonchev–Trinajstić information content (AvgIpc) is 3.32. The zero-order valence-corrected chi connectivity index (χ0v) is 17.4. The number of pyridine rings is 1. The highest BCUT2D eigenvalue weighted by atomic mass is 32.1. The van der Waals surface area contributed by atoms with Crippen LogP contribution in [0.4, 0.5) is 0 Å². The van der Waals surface area contributed by atoms with Crippen molar-refractivity contribution in [3.63, 3.8) is 0 Å². The third-order valence-corrected chi connectivity index (χ3v) is 5.61. The van der Waals surface area contributed by atoms with E-state index in [1.165, 1.54) is 12.3 Å². The predicted molar refractivity (Wildman–Crippen MR) is 115 cm³/mol. The molecule has 0 saturated heterocycles. The summed E-state index contributed by atoms with van der Waals surface area (Å²) in [6.45, 7) is 3.43. The maximum absolute atomic E-state index is 12.6. The van der Waals surface area contributed by atoms with Crippen LogP contribution in [0.1, 0.15) is 38.4 Å². The molecule has 2 aromatic heterocycles. The van der Waals surface area contributed by atoms with Gasteiger partial charge in [-0.1, -0.05) is 30.3 Å². The van der Waals surface area contributed by atoms with Crippen LogP contribution in [0.3, 0.4) is 0 Å². The second kappa shape index (κ2) is 8.96. The minimum Gasteiger partial charge on any atom is -0.348 e. The van der Waals surface area contributed by atoms with E-state index in [4.69, 9.17) is 0 Å². The fraction of sp³-hybridized carbons (Fsp3) is 0.227. The van der Waals surface area contributed by atoms with Crippen molar-refractivity contribution in [2.75, 3.05) is 6.54 Å². The zero-order chi connectivity index (χ0) is 20.9. The lowest BCUT2D eigenvalue weighted by atomic mass is 9.94. The van der Waals surface area contributed by atoms with Gasteiger partial charge >= 0.3 is 0 Å². The zero-order valence-electron chi connectivity index (χ0n) is 16.5. The number of hydrogen-bond acceptors (Lipinski definition) is 6. The highest BCUT2D eigenvalue weighted by Crippen LogP contribution is 2.24. The molecule has 1 aliphatic heterocycles. The van der Waals surface area contributed by atoms with Gasteiger partial charge in [0.05, 0.1) is 17.9 Å². The molecule has 8 heteroatoms. The van der Waals surface area contributed by atoms with Gasteiger partial charge in [0.1, 0.15) is 0 Å². The Morgan fingerprint density at radius 3 is 2.83 bits per heavy atom. The maximum atomic E-state index is 12.6. The molecule has 3 heterocycles. The Morgan fingerprint density at radius 1 is 1.23 bits per heavy atom. The second-order valence-electron chi connectivity index (χ2n) is 7.06. The van der Waals surface area contributed by atoms with Crippen LogP contribution in [0.5, 0.6) is 0 Å². The van der Waals surface area contributed by atoms with Crippen LogP contribution < -0.4 is 5.32 Å². The highest BCUT2D eigenvalue weighted by Gasteiger charge is 2.25. The van der Waals surface area contributed by atoms with E-state index in [1.54, 1.807) is 11.0 Å². The molecule has 2 amide bonds. The van der Waals surface area contributed by atoms with Crippen LogP contribution in [0.15, 0.2) is 48.8 Å². The van der Waals surface area contributed by atoms with Crippen LogP contribution >= 0.6 is 11.7 Å². The van der Waals surface area contributed by atoms with Gasteiger partial charge < -0.3 is 10.2 Å². The topological polar surface area (TPSA) is 88.1 Å². The summed E-state index contributed by atoms with van der Waals surface area (Å²) in [5, 5.41) is 2.95. The van der Waals surface area contributed by atoms with E-state index in [9.17, 15) is 9.59 Å². The summed E-state index contributed by atoms with van der Waals surface area (Å²) in [5.74, 6) is -0.268. The van der Waals surface area contributed by atoms with Crippen molar-refractivity contribution in [3.05, 3.63) is 82.4 Å². The number of aryl methyl sites for hydroxylation is 1. The van der Waals surface area contributed by atoms with E-state index >= 15 is 0 Å². The summed E-state index contributed by atoms with van der Waals surface area (Å²) < 4.78 is 7.95. The monoisotopic (exact) mass is 419 g/mol. The average molecular weight is 420 g/mol. The molecule has 1 aromatic carbocycles. The summed E-state index contributed by atoms with van der Waals surface area (Å²) in [5.41, 5.74) is 5.44. The van der Waals surface area contributed by atoms with Crippen molar-refractivity contribution in [3.8, 4) is 0 Å². The molecule has 0 saturated carbocycles. The molecule has 0 unspecified atom stereocenters. The number of nitrogens with one attached hydrogen (secondary N) is 1. The Bertz CT molecular complexity index is 1080. The Kier molecular flexibility index (Phi) is 5.94. The van der Waals surface area contributed by atoms with Crippen molar-refractivity contribution in [2.24, 2.45) is 0 Å². The smallest absolute Gasteiger partial charge is 0.275 e. The summed E-state index contributed by atoms with van der Waals surface area (Å²) in [4.78, 5) is 31.1. The first kappa shape index (κ1) is 19.9. The van der Waals surface area contributed by atoms with Gasteiger partial charge in [-0.25, -0.2) is 0 Å². The Hall–Kier alpha value is -3.39. The molecular formula is C22H21N5O2S. The van der Waals surface area contributed by atoms with E-state index in [-0.39, 0.29) is 11.8 Å². The second-order valence-corrected chi connectivity index (χ2v) is 7.61. The standard InChI is InChI=1S/C22H21N5O2S/c1-15-19(12-24-21(28)8-7-16-5-3-2-4-6-16)18-9-10-27(14-17(18)11-23-15)22(29)20-13-25-30-26-20/h2-8,11,13H,9-10,12,14H2,1H3,(H,24,28). The number of carbonyl (C=O) groups is 2. The Labute approximate surface area is 178 Å². The third kappa shape index (κ3) is 4.44. The number of fused-ring (bicyclic) bond motifs is 1. The van der Waals surface area contributed by atoms with Crippen molar-refractivity contribution < 1.29 is 9.59 Å². The van der Waals surface area contributed by atoms with Crippen molar-refractivity contribution in [1.82, 2.24) is 23.9 Å². The number of carbonyl (C=O) groups excluding carboxylic acids is 2. The maximum Gasteiger partial charge on any atom is 0.275 e. The van der Waals surface area contributed by atoms with Crippen LogP contribution in [0.25, 0.3) is 6.08 Å². The summed E-state index contributed by atoms with van der Waals surface area (Å²) in [7, 11) is 0. The molecule has 0 aliphatic carbocycles. The molecule has 0 spiro atoms. The minimum atomic E-state index is -0.153. The fourth-order valence-corrected chi connectivity index (χ4v) is 3.93. The molecule has 7 nitrogen and oxygen atoms in total. The quantitative estimate of drug-likeness (QED) is 0.643. The van der Waals surface area contributed by atoms with Gasteiger partial charge in [-0.2, -0.15) is 8.75 Å². The minimum absolute atomic E-state index is 0.115. The van der Waals surface area contributed by atoms with Crippen LogP contribution in [-0.2, 0) is 24.3 Å². The van der Waals surface area contributed by atoms with Gasteiger partial charge in [0, 0.05) is 37.6 Å². The van der Waals surface area contributed by atoms with E-state index in [0.29, 0.717) is 31.7 Å². The molecule has 152 valence electrons. The fourth-order valence-electron chi connectivity index (χ4n) is 3.52. The van der Waals surface area contributed by atoms with Gasteiger partial charge in [0.2, 0.25) is 5.91 Å². The molecule has 3 aromatic rings. The van der Waals surface area contributed by atoms with Crippen LogP contribution in [0.2, 0.25) is 0 Å². The number of aromatic nitrogens is 3. The molecule has 30 heavy (non-hydrogen) atoms. The Morgan fingerprint density at radius 2 is 2.07 bits per heavy atom. The summed E-state index contributed by atoms with van der Waals surface area (Å²) in [6, 6.07) is 9.69. The number of hydrogen-bond donors (Lipinski definition) is 1. The normalized spacial score (nSPS) is 13.3. The van der Waals surface area contributed by atoms with Gasteiger partial charge in [0.25, 0.3) is 5.91 Å². The number of amides is 2. The van der Waals surface area contributed by atoms with Gasteiger partial charge in [-0.05, 0) is 41.7 Å². The molecule has 4 rings (SSSR count). The number of rotatable bonds is 5. The van der Waals surface area contributed by atoms with E-state index in [0.717, 1.165) is 39.7 Å². The predicted octanol–water partition coefficient (Wildman–Crippen LogP) is 2.77. The number of nitrogens with zero attached hydrogens (tertiary/aromatic N) is 4.